The van der Waals surface area contributed by atoms with Crippen LogP contribution in [0.3, 0.4) is 0 Å². The van der Waals surface area contributed by atoms with Crippen LogP contribution >= 0.6 is 11.3 Å². The molecule has 2 heterocycles. The minimum atomic E-state index is -0.225. The summed E-state index contributed by atoms with van der Waals surface area (Å²) in [6, 6.07) is 7.91. The monoisotopic (exact) mass is 288 g/mol. The summed E-state index contributed by atoms with van der Waals surface area (Å²) in [5.74, 6) is -0.225. The molecule has 1 amide bonds. The second kappa shape index (κ2) is 5.50. The van der Waals surface area contributed by atoms with Crippen molar-refractivity contribution in [3.8, 4) is 0 Å². The molecule has 1 aromatic heterocycles. The molecule has 0 radical (unpaired) electrons. The lowest BCUT2D eigenvalue weighted by Crippen LogP contribution is -2.18. The summed E-state index contributed by atoms with van der Waals surface area (Å²) in [6.45, 7) is 2.17. The maximum atomic E-state index is 12.0. The van der Waals surface area contributed by atoms with E-state index in [1.165, 1.54) is 24.2 Å². The summed E-state index contributed by atoms with van der Waals surface area (Å²) in [6.07, 6.45) is 2.46. The Morgan fingerprint density at radius 2 is 2.15 bits per heavy atom. The average Bonchev–Trinajstić information content (AvgIpc) is 3.10. The Balaban J connectivity index is 1.74. The van der Waals surface area contributed by atoms with Gasteiger partial charge in [-0.3, -0.25) is 4.79 Å². The van der Waals surface area contributed by atoms with Crippen molar-refractivity contribution in [3.05, 3.63) is 35.3 Å². The molecule has 2 aromatic rings. The second-order valence-electron chi connectivity index (χ2n) is 4.77. The number of nitrogens with two attached hydrogens (primary N) is 1. The van der Waals surface area contributed by atoms with Gasteiger partial charge < -0.3 is 16.0 Å². The highest BCUT2D eigenvalue weighted by atomic mass is 32.1. The van der Waals surface area contributed by atoms with Crippen molar-refractivity contribution in [1.82, 2.24) is 4.98 Å². The highest BCUT2D eigenvalue weighted by molar-refractivity contribution is 7.13. The SMILES string of the molecule is Nc1nc(C(=O)Nc2cccc(N3CCCC3)c2)cs1. The van der Waals surface area contributed by atoms with Crippen molar-refractivity contribution < 1.29 is 4.79 Å². The van der Waals surface area contributed by atoms with Gasteiger partial charge in [-0.1, -0.05) is 6.07 Å². The van der Waals surface area contributed by atoms with Crippen LogP contribution in [0.15, 0.2) is 29.6 Å². The smallest absolute Gasteiger partial charge is 0.275 e. The van der Waals surface area contributed by atoms with Gasteiger partial charge in [0.1, 0.15) is 5.69 Å². The molecule has 5 nitrogen and oxygen atoms in total. The summed E-state index contributed by atoms with van der Waals surface area (Å²) in [7, 11) is 0. The van der Waals surface area contributed by atoms with E-state index in [1.807, 2.05) is 18.2 Å². The topological polar surface area (TPSA) is 71.2 Å². The lowest BCUT2D eigenvalue weighted by molar-refractivity contribution is 0.102. The fraction of sp³-hybridized carbons (Fsp3) is 0.286. The molecule has 1 fully saturated rings. The van der Waals surface area contributed by atoms with E-state index >= 15 is 0 Å². The van der Waals surface area contributed by atoms with Crippen LogP contribution in [-0.4, -0.2) is 24.0 Å². The molecule has 3 N–H and O–H groups in total. The van der Waals surface area contributed by atoms with Gasteiger partial charge in [-0.25, -0.2) is 4.98 Å². The zero-order chi connectivity index (χ0) is 13.9. The number of hydrogen-bond donors (Lipinski definition) is 2. The minimum absolute atomic E-state index is 0.225. The second-order valence-corrected chi connectivity index (χ2v) is 5.66. The Hall–Kier alpha value is -2.08. The third-order valence-electron chi connectivity index (χ3n) is 3.33. The van der Waals surface area contributed by atoms with Crippen molar-refractivity contribution in [2.45, 2.75) is 12.8 Å². The summed E-state index contributed by atoms with van der Waals surface area (Å²) in [5.41, 5.74) is 7.83. The molecule has 6 heteroatoms. The Labute approximate surface area is 121 Å². The Bertz CT molecular complexity index is 619. The summed E-state index contributed by atoms with van der Waals surface area (Å²) in [5, 5.41) is 4.92. The fourth-order valence-corrected chi connectivity index (χ4v) is 2.89. The number of amides is 1. The van der Waals surface area contributed by atoms with Crippen molar-refractivity contribution in [2.24, 2.45) is 0 Å². The standard InChI is InChI=1S/C14H16N4OS/c15-14-17-12(9-20-14)13(19)16-10-4-3-5-11(8-10)18-6-1-2-7-18/h3-5,8-9H,1-2,6-7H2,(H2,15,17)(H,16,19). The van der Waals surface area contributed by atoms with Crippen molar-refractivity contribution >= 4 is 33.8 Å². The average molecular weight is 288 g/mol. The molecule has 1 aliphatic heterocycles. The van der Waals surface area contributed by atoms with E-state index in [0.29, 0.717) is 10.8 Å². The van der Waals surface area contributed by atoms with Gasteiger partial charge in [-0.2, -0.15) is 0 Å². The first-order valence-electron chi connectivity index (χ1n) is 6.60. The lowest BCUT2D eigenvalue weighted by Gasteiger charge is -2.18. The molecule has 104 valence electrons. The van der Waals surface area contributed by atoms with Crippen LogP contribution in [0.4, 0.5) is 16.5 Å². The quantitative estimate of drug-likeness (QED) is 0.910. The lowest BCUT2D eigenvalue weighted by atomic mass is 10.2. The van der Waals surface area contributed by atoms with E-state index in [-0.39, 0.29) is 5.91 Å². The number of hydrogen-bond acceptors (Lipinski definition) is 5. The number of anilines is 3. The Kier molecular flexibility index (Phi) is 3.56. The zero-order valence-corrected chi connectivity index (χ0v) is 11.8. The third-order valence-corrected chi connectivity index (χ3v) is 4.00. The van der Waals surface area contributed by atoms with Crippen LogP contribution in [0, 0.1) is 0 Å². The van der Waals surface area contributed by atoms with Gasteiger partial charge in [0.15, 0.2) is 5.13 Å². The van der Waals surface area contributed by atoms with E-state index < -0.39 is 0 Å². The number of aromatic nitrogens is 1. The number of nitrogens with one attached hydrogen (secondary N) is 1. The summed E-state index contributed by atoms with van der Waals surface area (Å²) >= 11 is 1.26. The Morgan fingerprint density at radius 1 is 1.35 bits per heavy atom. The Morgan fingerprint density at radius 3 is 2.85 bits per heavy atom. The first-order valence-corrected chi connectivity index (χ1v) is 7.48. The van der Waals surface area contributed by atoms with Gasteiger partial charge in [0, 0.05) is 29.8 Å². The maximum absolute atomic E-state index is 12.0. The summed E-state index contributed by atoms with van der Waals surface area (Å²) < 4.78 is 0. The number of nitrogen functional groups attached to an aromatic ring is 1. The van der Waals surface area contributed by atoms with Crippen LogP contribution < -0.4 is 16.0 Å². The summed E-state index contributed by atoms with van der Waals surface area (Å²) in [4.78, 5) is 18.3. The van der Waals surface area contributed by atoms with Gasteiger partial charge in [-0.05, 0) is 31.0 Å². The predicted molar refractivity (Wildman–Crippen MR) is 82.4 cm³/mol. The van der Waals surface area contributed by atoms with Crippen LogP contribution in [0.2, 0.25) is 0 Å². The molecule has 20 heavy (non-hydrogen) atoms. The van der Waals surface area contributed by atoms with Crippen molar-refractivity contribution in [2.75, 3.05) is 29.0 Å². The van der Waals surface area contributed by atoms with Crippen molar-refractivity contribution in [1.29, 1.82) is 0 Å². The minimum Gasteiger partial charge on any atom is -0.375 e. The zero-order valence-electron chi connectivity index (χ0n) is 11.0. The van der Waals surface area contributed by atoms with Crippen LogP contribution in [0.1, 0.15) is 23.3 Å². The molecule has 0 spiro atoms. The van der Waals surface area contributed by atoms with Gasteiger partial charge in [0.25, 0.3) is 5.91 Å². The van der Waals surface area contributed by atoms with Crippen LogP contribution in [0.25, 0.3) is 0 Å². The number of benzene rings is 1. The normalized spacial score (nSPS) is 14.5. The van der Waals surface area contributed by atoms with Crippen LogP contribution in [0.5, 0.6) is 0 Å². The van der Waals surface area contributed by atoms with Gasteiger partial charge >= 0.3 is 0 Å². The molecule has 0 atom stereocenters. The highest BCUT2D eigenvalue weighted by Crippen LogP contribution is 2.23. The largest absolute Gasteiger partial charge is 0.375 e. The van der Waals surface area contributed by atoms with Crippen LogP contribution in [-0.2, 0) is 0 Å². The molecule has 1 aliphatic rings. The van der Waals surface area contributed by atoms with E-state index in [4.69, 9.17) is 5.73 Å². The molecule has 0 saturated carbocycles. The molecule has 0 unspecified atom stereocenters. The molecule has 0 bridgehead atoms. The molecular formula is C14H16N4OS. The number of rotatable bonds is 3. The van der Waals surface area contributed by atoms with E-state index in [9.17, 15) is 4.79 Å². The third kappa shape index (κ3) is 2.75. The maximum Gasteiger partial charge on any atom is 0.275 e. The first-order chi connectivity index (χ1) is 9.72. The van der Waals surface area contributed by atoms with E-state index in [1.54, 1.807) is 5.38 Å². The van der Waals surface area contributed by atoms with Crippen molar-refractivity contribution in [3.63, 3.8) is 0 Å². The molecule has 1 saturated heterocycles. The molecule has 1 aromatic carbocycles. The highest BCUT2D eigenvalue weighted by Gasteiger charge is 2.14. The molecule has 3 rings (SSSR count). The van der Waals surface area contributed by atoms with Gasteiger partial charge in [0.2, 0.25) is 0 Å². The predicted octanol–water partition coefficient (Wildman–Crippen LogP) is 2.58. The number of thiazole rings is 1. The molecule has 0 aliphatic carbocycles. The van der Waals surface area contributed by atoms with Gasteiger partial charge in [-0.15, -0.1) is 11.3 Å². The fourth-order valence-electron chi connectivity index (χ4n) is 2.34. The number of carbonyl (C=O) groups excluding carboxylic acids is 1. The van der Waals surface area contributed by atoms with Gasteiger partial charge in [0.05, 0.1) is 0 Å². The number of carbonyl (C=O) groups is 1. The van der Waals surface area contributed by atoms with E-state index in [2.05, 4.69) is 21.3 Å². The van der Waals surface area contributed by atoms with E-state index in [0.717, 1.165) is 24.5 Å². The molecular weight excluding hydrogens is 272 g/mol. The first kappa shape index (κ1) is 12.9. The number of nitrogens with zero attached hydrogens (tertiary/aromatic N) is 2.